The lowest BCUT2D eigenvalue weighted by Gasteiger charge is -2.34. The maximum atomic E-state index is 11.9. The lowest BCUT2D eigenvalue weighted by atomic mass is 9.81. The van der Waals surface area contributed by atoms with Crippen molar-refractivity contribution < 1.29 is 9.59 Å². The zero-order chi connectivity index (χ0) is 15.8. The highest BCUT2D eigenvalue weighted by Crippen LogP contribution is 2.26. The number of hydrogen-bond donors (Lipinski definition) is 4. The van der Waals surface area contributed by atoms with E-state index in [0.29, 0.717) is 6.54 Å². The van der Waals surface area contributed by atoms with Crippen molar-refractivity contribution in [1.82, 2.24) is 21.3 Å². The Balaban J connectivity index is 0.00000264. The molecule has 0 bridgehead atoms. The van der Waals surface area contributed by atoms with E-state index >= 15 is 0 Å². The van der Waals surface area contributed by atoms with Gasteiger partial charge in [-0.05, 0) is 44.2 Å². The minimum absolute atomic E-state index is 0. The number of halogens is 1. The average Bonchev–Trinajstić information content (AvgIpc) is 2.53. The molecule has 0 aromatic heterocycles. The SMILES string of the molecule is CC1(CNC(=O)CNC(=O)NC2CCCCC2)CCNCC1.Cl. The number of rotatable bonds is 5. The number of urea groups is 1. The molecular formula is C16H31ClN4O2. The van der Waals surface area contributed by atoms with Crippen molar-refractivity contribution in [2.45, 2.75) is 57.9 Å². The normalized spacial score (nSPS) is 20.9. The maximum Gasteiger partial charge on any atom is 0.315 e. The van der Waals surface area contributed by atoms with Gasteiger partial charge < -0.3 is 21.3 Å². The Kier molecular flexibility index (Phi) is 8.69. The molecular weight excluding hydrogens is 316 g/mol. The Morgan fingerprint density at radius 2 is 1.74 bits per heavy atom. The molecule has 2 aliphatic rings. The molecule has 0 atom stereocenters. The lowest BCUT2D eigenvalue weighted by Crippen LogP contribution is -2.48. The number of amides is 3. The summed E-state index contributed by atoms with van der Waals surface area (Å²) in [6.45, 7) is 4.95. The van der Waals surface area contributed by atoms with Gasteiger partial charge in [-0.3, -0.25) is 4.79 Å². The van der Waals surface area contributed by atoms with Crippen molar-refractivity contribution in [1.29, 1.82) is 0 Å². The summed E-state index contributed by atoms with van der Waals surface area (Å²) in [6, 6.07) is 0.0422. The Bertz CT molecular complexity index is 380. The second kappa shape index (κ2) is 9.98. The first-order valence-electron chi connectivity index (χ1n) is 8.59. The Hall–Kier alpha value is -1.01. The first-order chi connectivity index (χ1) is 10.6. The van der Waals surface area contributed by atoms with E-state index in [4.69, 9.17) is 0 Å². The van der Waals surface area contributed by atoms with Crippen LogP contribution in [-0.2, 0) is 4.79 Å². The number of carbonyl (C=O) groups excluding carboxylic acids is 2. The van der Waals surface area contributed by atoms with Crippen LogP contribution in [0.4, 0.5) is 4.79 Å². The molecule has 1 heterocycles. The van der Waals surface area contributed by atoms with Crippen LogP contribution in [0.5, 0.6) is 0 Å². The summed E-state index contributed by atoms with van der Waals surface area (Å²) in [5.74, 6) is -0.112. The highest BCUT2D eigenvalue weighted by atomic mass is 35.5. The third-order valence-electron chi connectivity index (χ3n) is 4.87. The van der Waals surface area contributed by atoms with Crippen LogP contribution in [0.25, 0.3) is 0 Å². The highest BCUT2D eigenvalue weighted by Gasteiger charge is 2.27. The smallest absolute Gasteiger partial charge is 0.315 e. The fraction of sp³-hybridized carbons (Fsp3) is 0.875. The van der Waals surface area contributed by atoms with E-state index in [1.165, 1.54) is 19.3 Å². The molecule has 134 valence electrons. The van der Waals surface area contributed by atoms with Crippen LogP contribution in [0.15, 0.2) is 0 Å². The van der Waals surface area contributed by atoms with Crippen LogP contribution in [0, 0.1) is 5.41 Å². The van der Waals surface area contributed by atoms with Gasteiger partial charge in [0, 0.05) is 12.6 Å². The molecule has 1 saturated heterocycles. The van der Waals surface area contributed by atoms with E-state index in [-0.39, 0.29) is 42.3 Å². The molecule has 0 radical (unpaired) electrons. The zero-order valence-electron chi connectivity index (χ0n) is 14.1. The maximum absolute atomic E-state index is 11.9. The van der Waals surface area contributed by atoms with Gasteiger partial charge in [0.05, 0.1) is 6.54 Å². The first-order valence-corrected chi connectivity index (χ1v) is 8.59. The molecule has 1 saturated carbocycles. The molecule has 23 heavy (non-hydrogen) atoms. The standard InChI is InChI=1S/C16H30N4O2.ClH/c1-16(7-9-17-10-8-16)12-19-14(21)11-18-15(22)20-13-5-3-2-4-6-13;/h13,17H,2-12H2,1H3,(H,19,21)(H2,18,20,22);1H. The van der Waals surface area contributed by atoms with Crippen molar-refractivity contribution in [3.05, 3.63) is 0 Å². The molecule has 0 aromatic carbocycles. The Morgan fingerprint density at radius 3 is 2.39 bits per heavy atom. The monoisotopic (exact) mass is 346 g/mol. The van der Waals surface area contributed by atoms with Gasteiger partial charge in [-0.1, -0.05) is 26.2 Å². The summed E-state index contributed by atoms with van der Waals surface area (Å²) in [7, 11) is 0. The third-order valence-corrected chi connectivity index (χ3v) is 4.87. The van der Waals surface area contributed by atoms with Gasteiger partial charge in [0.1, 0.15) is 0 Å². The van der Waals surface area contributed by atoms with Crippen LogP contribution in [0.3, 0.4) is 0 Å². The molecule has 0 unspecified atom stereocenters. The second-order valence-electron chi connectivity index (χ2n) is 7.00. The molecule has 1 aliphatic carbocycles. The second-order valence-corrected chi connectivity index (χ2v) is 7.00. The quantitative estimate of drug-likeness (QED) is 0.609. The predicted octanol–water partition coefficient (Wildman–Crippen LogP) is 1.55. The molecule has 3 amide bonds. The molecule has 2 rings (SSSR count). The Morgan fingerprint density at radius 1 is 1.09 bits per heavy atom. The van der Waals surface area contributed by atoms with Gasteiger partial charge in [0.2, 0.25) is 5.91 Å². The van der Waals surface area contributed by atoms with Crippen molar-refractivity contribution in [2.75, 3.05) is 26.2 Å². The third kappa shape index (κ3) is 7.40. The van der Waals surface area contributed by atoms with Crippen molar-refractivity contribution in [2.24, 2.45) is 5.41 Å². The van der Waals surface area contributed by atoms with E-state index in [0.717, 1.165) is 38.8 Å². The Labute approximate surface area is 145 Å². The predicted molar refractivity (Wildman–Crippen MR) is 93.9 cm³/mol. The van der Waals surface area contributed by atoms with E-state index in [1.54, 1.807) is 0 Å². The molecule has 7 heteroatoms. The highest BCUT2D eigenvalue weighted by molar-refractivity contribution is 5.85. The van der Waals surface area contributed by atoms with Gasteiger partial charge >= 0.3 is 6.03 Å². The van der Waals surface area contributed by atoms with Crippen LogP contribution in [0.2, 0.25) is 0 Å². The molecule has 6 nitrogen and oxygen atoms in total. The van der Waals surface area contributed by atoms with Crippen LogP contribution >= 0.6 is 12.4 Å². The van der Waals surface area contributed by atoms with E-state index < -0.39 is 0 Å². The summed E-state index contributed by atoms with van der Waals surface area (Å²) >= 11 is 0. The molecule has 0 aromatic rings. The summed E-state index contributed by atoms with van der Waals surface area (Å²) in [5, 5.41) is 11.9. The van der Waals surface area contributed by atoms with Gasteiger partial charge in [0.25, 0.3) is 0 Å². The summed E-state index contributed by atoms with van der Waals surface area (Å²) in [6.07, 6.45) is 7.86. The summed E-state index contributed by atoms with van der Waals surface area (Å²) < 4.78 is 0. The van der Waals surface area contributed by atoms with Gasteiger partial charge in [0.15, 0.2) is 0 Å². The fourth-order valence-electron chi connectivity index (χ4n) is 3.23. The van der Waals surface area contributed by atoms with Crippen LogP contribution in [0.1, 0.15) is 51.9 Å². The number of carbonyl (C=O) groups is 2. The first kappa shape index (κ1) is 20.0. The van der Waals surface area contributed by atoms with E-state index in [2.05, 4.69) is 28.2 Å². The van der Waals surface area contributed by atoms with Gasteiger partial charge in [-0.2, -0.15) is 0 Å². The fourth-order valence-corrected chi connectivity index (χ4v) is 3.23. The van der Waals surface area contributed by atoms with Crippen molar-refractivity contribution >= 4 is 24.3 Å². The average molecular weight is 347 g/mol. The van der Waals surface area contributed by atoms with E-state index in [1.807, 2.05) is 0 Å². The van der Waals surface area contributed by atoms with E-state index in [9.17, 15) is 9.59 Å². The zero-order valence-corrected chi connectivity index (χ0v) is 14.9. The van der Waals surface area contributed by atoms with Crippen LogP contribution < -0.4 is 21.3 Å². The number of nitrogens with one attached hydrogen (secondary N) is 4. The number of piperidine rings is 1. The number of hydrogen-bond acceptors (Lipinski definition) is 3. The van der Waals surface area contributed by atoms with Crippen molar-refractivity contribution in [3.8, 4) is 0 Å². The van der Waals surface area contributed by atoms with Gasteiger partial charge in [-0.25, -0.2) is 4.79 Å². The molecule has 4 N–H and O–H groups in total. The lowest BCUT2D eigenvalue weighted by molar-refractivity contribution is -0.120. The topological polar surface area (TPSA) is 82.3 Å². The summed E-state index contributed by atoms with van der Waals surface area (Å²) in [4.78, 5) is 23.6. The minimum Gasteiger partial charge on any atom is -0.354 e. The molecule has 1 aliphatic heterocycles. The van der Waals surface area contributed by atoms with Gasteiger partial charge in [-0.15, -0.1) is 12.4 Å². The molecule has 0 spiro atoms. The molecule has 2 fully saturated rings. The largest absolute Gasteiger partial charge is 0.354 e. The summed E-state index contributed by atoms with van der Waals surface area (Å²) in [5.41, 5.74) is 0.172. The van der Waals surface area contributed by atoms with Crippen LogP contribution in [-0.4, -0.2) is 44.2 Å². The van der Waals surface area contributed by atoms with Crippen molar-refractivity contribution in [3.63, 3.8) is 0 Å². The minimum atomic E-state index is -0.227.